The molecule has 0 aromatic heterocycles. The van der Waals surface area contributed by atoms with E-state index in [9.17, 15) is 14.4 Å². The summed E-state index contributed by atoms with van der Waals surface area (Å²) in [5, 5.41) is 19.5. The number of unbranched alkanes of at least 4 members (excludes halogenated alkanes) is 4. The number of aromatic hydroxyl groups is 2. The second kappa shape index (κ2) is 13.6. The second-order valence-electron chi connectivity index (χ2n) is 8.85. The van der Waals surface area contributed by atoms with Gasteiger partial charge < -0.3 is 19.7 Å². The van der Waals surface area contributed by atoms with Crippen molar-refractivity contribution in [3.63, 3.8) is 0 Å². The highest BCUT2D eigenvalue weighted by atomic mass is 32.2. The van der Waals surface area contributed by atoms with Crippen molar-refractivity contribution in [1.29, 1.82) is 0 Å². The summed E-state index contributed by atoms with van der Waals surface area (Å²) in [6.45, 7) is 4.08. The molecule has 0 bridgehead atoms. The Labute approximate surface area is 200 Å². The molecule has 6 heteroatoms. The van der Waals surface area contributed by atoms with E-state index in [1.165, 1.54) is 0 Å². The van der Waals surface area contributed by atoms with Gasteiger partial charge in [-0.3, -0.25) is 4.21 Å². The largest absolute Gasteiger partial charge is 0.508 e. The first-order chi connectivity index (χ1) is 16.1. The van der Waals surface area contributed by atoms with Gasteiger partial charge in [-0.25, -0.2) is 0 Å². The van der Waals surface area contributed by atoms with Crippen molar-refractivity contribution in [3.05, 3.63) is 53.6 Å². The minimum absolute atomic E-state index is 0.167. The highest BCUT2D eigenvalue weighted by Gasteiger charge is 2.32. The maximum atomic E-state index is 11.8. The molecule has 2 aromatic carbocycles. The first-order valence-corrected chi connectivity index (χ1v) is 13.7. The summed E-state index contributed by atoms with van der Waals surface area (Å²) >= 11 is 0. The molecule has 3 atom stereocenters. The van der Waals surface area contributed by atoms with Crippen LogP contribution in [0.15, 0.2) is 42.5 Å². The van der Waals surface area contributed by atoms with Gasteiger partial charge in [0.2, 0.25) is 0 Å². The van der Waals surface area contributed by atoms with Crippen LogP contribution in [0.25, 0.3) is 0 Å². The first kappa shape index (κ1) is 25.6. The van der Waals surface area contributed by atoms with Crippen LogP contribution in [0.1, 0.15) is 74.8 Å². The first-order valence-electron chi connectivity index (χ1n) is 12.3. The standard InChI is InChI=1S/C27H38O5S/c1-2-3-17-33(30)18-7-5-4-6-15-31-16-14-24-25-13-12-23(29)19-27(25)32-20-26(24)21-8-10-22(28)11-9-21/h8-13,19,24,26,28-29H,2-7,14-18,20H2,1H3. The number of ether oxygens (including phenoxy) is 2. The van der Waals surface area contributed by atoms with Crippen molar-refractivity contribution in [2.24, 2.45) is 0 Å². The fourth-order valence-corrected chi connectivity index (χ4v) is 5.75. The van der Waals surface area contributed by atoms with Crippen LogP contribution < -0.4 is 4.74 Å². The predicted octanol–water partition coefficient (Wildman–Crippen LogP) is 5.87. The van der Waals surface area contributed by atoms with Gasteiger partial charge in [0.05, 0.1) is 6.61 Å². The van der Waals surface area contributed by atoms with E-state index < -0.39 is 10.8 Å². The number of fused-ring (bicyclic) bond motifs is 1. The SMILES string of the molecule is CCCCS(=O)CCCCCCOCCC1c2ccc(O)cc2OCC1c1ccc(O)cc1. The zero-order valence-corrected chi connectivity index (χ0v) is 20.5. The van der Waals surface area contributed by atoms with Gasteiger partial charge in [0.15, 0.2) is 0 Å². The number of benzene rings is 2. The molecule has 3 unspecified atom stereocenters. The van der Waals surface area contributed by atoms with Crippen LogP contribution in [0.4, 0.5) is 0 Å². The van der Waals surface area contributed by atoms with Crippen LogP contribution in [0.2, 0.25) is 0 Å². The molecule has 182 valence electrons. The quantitative estimate of drug-likeness (QED) is 0.335. The Morgan fingerprint density at radius 3 is 2.45 bits per heavy atom. The van der Waals surface area contributed by atoms with Crippen LogP contribution in [0.5, 0.6) is 17.2 Å². The molecule has 0 aliphatic carbocycles. The molecule has 1 heterocycles. The van der Waals surface area contributed by atoms with E-state index in [-0.39, 0.29) is 23.3 Å². The Kier molecular flexibility index (Phi) is 10.5. The topological polar surface area (TPSA) is 76.0 Å². The Hall–Kier alpha value is -2.05. The summed E-state index contributed by atoms with van der Waals surface area (Å²) in [7, 11) is -0.645. The van der Waals surface area contributed by atoms with E-state index in [0.29, 0.717) is 13.2 Å². The molecule has 3 rings (SSSR count). The third-order valence-electron chi connectivity index (χ3n) is 6.33. The minimum atomic E-state index is -0.645. The Morgan fingerprint density at radius 1 is 0.939 bits per heavy atom. The molecular formula is C27H38O5S. The van der Waals surface area contributed by atoms with E-state index in [1.807, 2.05) is 18.2 Å². The molecule has 0 radical (unpaired) electrons. The zero-order valence-electron chi connectivity index (χ0n) is 19.7. The minimum Gasteiger partial charge on any atom is -0.508 e. The molecular weight excluding hydrogens is 436 g/mol. The summed E-state index contributed by atoms with van der Waals surface area (Å²) in [6.07, 6.45) is 7.33. The maximum absolute atomic E-state index is 11.8. The van der Waals surface area contributed by atoms with Crippen molar-refractivity contribution < 1.29 is 23.9 Å². The van der Waals surface area contributed by atoms with Crippen molar-refractivity contribution in [3.8, 4) is 17.2 Å². The zero-order chi connectivity index (χ0) is 23.5. The summed E-state index contributed by atoms with van der Waals surface area (Å²) in [4.78, 5) is 0. The monoisotopic (exact) mass is 474 g/mol. The van der Waals surface area contributed by atoms with Gasteiger partial charge >= 0.3 is 0 Å². The molecule has 5 nitrogen and oxygen atoms in total. The lowest BCUT2D eigenvalue weighted by Crippen LogP contribution is -2.25. The smallest absolute Gasteiger partial charge is 0.126 e. The summed E-state index contributed by atoms with van der Waals surface area (Å²) in [5.74, 6) is 3.27. The highest BCUT2D eigenvalue weighted by molar-refractivity contribution is 7.84. The van der Waals surface area contributed by atoms with Gasteiger partial charge in [0.25, 0.3) is 0 Å². The lowest BCUT2D eigenvalue weighted by atomic mass is 9.78. The molecule has 0 spiro atoms. The average molecular weight is 475 g/mol. The number of hydrogen-bond donors (Lipinski definition) is 2. The Bertz CT molecular complexity index is 867. The van der Waals surface area contributed by atoms with E-state index in [2.05, 4.69) is 6.92 Å². The number of rotatable bonds is 14. The molecule has 2 aromatic rings. The van der Waals surface area contributed by atoms with Gasteiger partial charge in [0, 0.05) is 47.5 Å². The van der Waals surface area contributed by atoms with Gasteiger partial charge in [-0.2, -0.15) is 0 Å². The second-order valence-corrected chi connectivity index (χ2v) is 10.6. The summed E-state index contributed by atoms with van der Waals surface area (Å²) in [6, 6.07) is 12.7. The lowest BCUT2D eigenvalue weighted by molar-refractivity contribution is 0.114. The van der Waals surface area contributed by atoms with Crippen molar-refractivity contribution >= 4 is 10.8 Å². The van der Waals surface area contributed by atoms with Gasteiger partial charge in [-0.15, -0.1) is 0 Å². The molecule has 1 aliphatic rings. The summed E-state index contributed by atoms with van der Waals surface area (Å²) in [5.41, 5.74) is 2.23. The Balaban J connectivity index is 1.44. The van der Waals surface area contributed by atoms with Gasteiger partial charge in [0.1, 0.15) is 17.2 Å². The maximum Gasteiger partial charge on any atom is 0.126 e. The van der Waals surface area contributed by atoms with Gasteiger partial charge in [-0.05, 0) is 60.9 Å². The van der Waals surface area contributed by atoms with Crippen molar-refractivity contribution in [2.75, 3.05) is 31.3 Å². The number of phenolic OH excluding ortho intramolecular Hbond substituents is 2. The van der Waals surface area contributed by atoms with Crippen LogP contribution >= 0.6 is 0 Å². The molecule has 33 heavy (non-hydrogen) atoms. The van der Waals surface area contributed by atoms with Crippen molar-refractivity contribution in [2.45, 2.75) is 63.7 Å². The number of hydrogen-bond acceptors (Lipinski definition) is 5. The molecule has 0 amide bonds. The third-order valence-corrected chi connectivity index (χ3v) is 7.82. The normalized spacial score (nSPS) is 18.5. The van der Waals surface area contributed by atoms with E-state index in [4.69, 9.17) is 9.47 Å². The highest BCUT2D eigenvalue weighted by Crippen LogP contribution is 2.45. The molecule has 1 aliphatic heterocycles. The van der Waals surface area contributed by atoms with E-state index >= 15 is 0 Å². The van der Waals surface area contributed by atoms with Crippen LogP contribution in [0.3, 0.4) is 0 Å². The molecule has 0 fully saturated rings. The molecule has 0 saturated carbocycles. The predicted molar refractivity (Wildman–Crippen MR) is 134 cm³/mol. The lowest BCUT2D eigenvalue weighted by Gasteiger charge is -2.34. The van der Waals surface area contributed by atoms with Crippen molar-refractivity contribution in [1.82, 2.24) is 0 Å². The van der Waals surface area contributed by atoms with Crippen LogP contribution in [-0.4, -0.2) is 45.7 Å². The summed E-state index contributed by atoms with van der Waals surface area (Å²) < 4.78 is 23.8. The average Bonchev–Trinajstić information content (AvgIpc) is 2.82. The van der Waals surface area contributed by atoms with E-state index in [0.717, 1.165) is 79.9 Å². The fraction of sp³-hybridized carbons (Fsp3) is 0.556. The Morgan fingerprint density at radius 2 is 1.67 bits per heavy atom. The van der Waals surface area contributed by atoms with Gasteiger partial charge in [-0.1, -0.05) is 44.4 Å². The van der Waals surface area contributed by atoms with Crippen LogP contribution in [0, 0.1) is 0 Å². The van der Waals surface area contributed by atoms with Crippen LogP contribution in [-0.2, 0) is 15.5 Å². The third kappa shape index (κ3) is 8.04. The fourth-order valence-electron chi connectivity index (χ4n) is 4.41. The van der Waals surface area contributed by atoms with E-state index in [1.54, 1.807) is 24.3 Å². The molecule has 2 N–H and O–H groups in total. The number of phenols is 2. The molecule has 0 saturated heterocycles.